The van der Waals surface area contributed by atoms with Crippen LogP contribution >= 0.6 is 11.6 Å². The summed E-state index contributed by atoms with van der Waals surface area (Å²) in [4.78, 5) is 0. The van der Waals surface area contributed by atoms with Crippen molar-refractivity contribution in [3.05, 3.63) is 52.5 Å². The molecule has 2 rings (SSSR count). The van der Waals surface area contributed by atoms with Crippen molar-refractivity contribution in [1.29, 1.82) is 10.5 Å². The summed E-state index contributed by atoms with van der Waals surface area (Å²) in [5, 5.41) is 21.5. The van der Waals surface area contributed by atoms with E-state index in [0.717, 1.165) is 0 Å². The number of nitrogens with one attached hydrogen (secondary N) is 1. The van der Waals surface area contributed by atoms with Gasteiger partial charge in [-0.15, -0.1) is 0 Å². The Morgan fingerprint density at radius 2 is 1.74 bits per heavy atom. The molecule has 0 bridgehead atoms. The minimum absolute atomic E-state index is 0.342. The van der Waals surface area contributed by atoms with Crippen molar-refractivity contribution in [2.24, 2.45) is 0 Å². The third-order valence-corrected chi connectivity index (χ3v) is 2.83. The highest BCUT2D eigenvalue weighted by Crippen LogP contribution is 2.29. The summed E-state index contributed by atoms with van der Waals surface area (Å²) < 4.78 is 0. The van der Waals surface area contributed by atoms with Gasteiger partial charge < -0.3 is 11.1 Å². The fraction of sp³-hybridized carbons (Fsp3) is 0. The summed E-state index contributed by atoms with van der Waals surface area (Å²) in [6.07, 6.45) is 0. The van der Waals surface area contributed by atoms with E-state index in [1.54, 1.807) is 36.4 Å². The Morgan fingerprint density at radius 1 is 1.00 bits per heavy atom. The summed E-state index contributed by atoms with van der Waals surface area (Å²) in [7, 11) is 0. The Kier molecular flexibility index (Phi) is 3.56. The van der Waals surface area contributed by atoms with E-state index in [9.17, 15) is 0 Å². The van der Waals surface area contributed by atoms with Crippen molar-refractivity contribution in [2.45, 2.75) is 0 Å². The summed E-state index contributed by atoms with van der Waals surface area (Å²) in [6, 6.07) is 14.0. The fourth-order valence-corrected chi connectivity index (χ4v) is 1.81. The van der Waals surface area contributed by atoms with Crippen LogP contribution < -0.4 is 11.1 Å². The second-order valence-electron chi connectivity index (χ2n) is 3.81. The molecule has 92 valence electrons. The maximum atomic E-state index is 9.04. The number of rotatable bonds is 2. The maximum Gasteiger partial charge on any atom is 0.101 e. The first-order chi connectivity index (χ1) is 9.15. The Hall–Kier alpha value is -2.69. The van der Waals surface area contributed by atoms with Crippen LogP contribution in [0, 0.1) is 22.7 Å². The average molecular weight is 269 g/mol. The van der Waals surface area contributed by atoms with Gasteiger partial charge in [-0.05, 0) is 30.3 Å². The smallest absolute Gasteiger partial charge is 0.101 e. The van der Waals surface area contributed by atoms with E-state index in [0.29, 0.717) is 33.2 Å². The predicted molar refractivity (Wildman–Crippen MR) is 75.0 cm³/mol. The molecule has 0 aliphatic carbocycles. The van der Waals surface area contributed by atoms with Crippen LogP contribution in [0.4, 0.5) is 17.1 Å². The average Bonchev–Trinajstić information content (AvgIpc) is 2.41. The Morgan fingerprint density at radius 3 is 2.42 bits per heavy atom. The van der Waals surface area contributed by atoms with Gasteiger partial charge in [0, 0.05) is 5.02 Å². The molecule has 0 amide bonds. The van der Waals surface area contributed by atoms with Gasteiger partial charge in [-0.1, -0.05) is 17.7 Å². The molecule has 0 aliphatic rings. The number of hydrogen-bond donors (Lipinski definition) is 2. The number of nitrogens with zero attached hydrogens (tertiary/aromatic N) is 2. The van der Waals surface area contributed by atoms with Gasteiger partial charge in [-0.2, -0.15) is 10.5 Å². The molecule has 2 aromatic carbocycles. The van der Waals surface area contributed by atoms with Crippen molar-refractivity contribution < 1.29 is 0 Å². The number of para-hydroxylation sites is 1. The minimum atomic E-state index is 0.342. The molecule has 5 heteroatoms. The first kappa shape index (κ1) is 12.8. The summed E-state index contributed by atoms with van der Waals surface area (Å²) in [5.74, 6) is 0. The molecular weight excluding hydrogens is 260 g/mol. The summed E-state index contributed by atoms with van der Waals surface area (Å²) in [6.45, 7) is 0. The van der Waals surface area contributed by atoms with E-state index < -0.39 is 0 Å². The molecule has 0 radical (unpaired) electrons. The number of benzene rings is 2. The second-order valence-corrected chi connectivity index (χ2v) is 4.24. The second kappa shape index (κ2) is 5.30. The van der Waals surface area contributed by atoms with Crippen molar-refractivity contribution in [3.8, 4) is 12.1 Å². The normalized spacial score (nSPS) is 9.42. The van der Waals surface area contributed by atoms with E-state index in [4.69, 9.17) is 27.9 Å². The first-order valence-corrected chi connectivity index (χ1v) is 5.78. The van der Waals surface area contributed by atoms with E-state index >= 15 is 0 Å². The molecule has 0 unspecified atom stereocenters. The highest BCUT2D eigenvalue weighted by Gasteiger charge is 2.08. The van der Waals surface area contributed by atoms with E-state index in [1.165, 1.54) is 0 Å². The predicted octanol–water partition coefficient (Wildman–Crippen LogP) is 3.41. The lowest BCUT2D eigenvalue weighted by Crippen LogP contribution is -2.00. The van der Waals surface area contributed by atoms with Gasteiger partial charge in [-0.25, -0.2) is 0 Å². The third kappa shape index (κ3) is 2.60. The topological polar surface area (TPSA) is 85.6 Å². The SMILES string of the molecule is N#Cc1ccc(Cl)cc1Nc1cccc(C#N)c1N. The molecule has 0 aliphatic heterocycles. The number of nitrogen functional groups attached to an aromatic ring is 1. The molecule has 0 heterocycles. The van der Waals surface area contributed by atoms with Crippen LogP contribution in [-0.4, -0.2) is 0 Å². The molecule has 0 saturated carbocycles. The Bertz CT molecular complexity index is 710. The molecule has 0 saturated heterocycles. The van der Waals surface area contributed by atoms with Crippen LogP contribution in [0.15, 0.2) is 36.4 Å². The van der Waals surface area contributed by atoms with Crippen molar-refractivity contribution >= 4 is 28.7 Å². The van der Waals surface area contributed by atoms with Gasteiger partial charge in [-0.3, -0.25) is 0 Å². The monoisotopic (exact) mass is 268 g/mol. The van der Waals surface area contributed by atoms with Crippen molar-refractivity contribution in [1.82, 2.24) is 0 Å². The van der Waals surface area contributed by atoms with E-state index in [2.05, 4.69) is 11.4 Å². The highest BCUT2D eigenvalue weighted by molar-refractivity contribution is 6.30. The van der Waals surface area contributed by atoms with Crippen LogP contribution in [0.1, 0.15) is 11.1 Å². The Balaban J connectivity index is 2.46. The third-order valence-electron chi connectivity index (χ3n) is 2.60. The molecule has 4 nitrogen and oxygen atoms in total. The standard InChI is InChI=1S/C14H9ClN4/c15-11-5-4-9(7-16)13(6-11)19-12-3-1-2-10(8-17)14(12)18/h1-6,19H,18H2. The quantitative estimate of drug-likeness (QED) is 0.817. The molecule has 0 spiro atoms. The van der Waals surface area contributed by atoms with Gasteiger partial charge in [0.25, 0.3) is 0 Å². The zero-order valence-electron chi connectivity index (χ0n) is 9.81. The van der Waals surface area contributed by atoms with Gasteiger partial charge in [0.05, 0.1) is 28.2 Å². The minimum Gasteiger partial charge on any atom is -0.396 e. The maximum absolute atomic E-state index is 9.04. The lowest BCUT2D eigenvalue weighted by Gasteiger charge is -2.11. The molecule has 2 aromatic rings. The van der Waals surface area contributed by atoms with Crippen molar-refractivity contribution in [2.75, 3.05) is 11.1 Å². The number of nitrogens with two attached hydrogens (primary N) is 1. The summed E-state index contributed by atoms with van der Waals surface area (Å²) in [5.41, 5.74) is 8.16. The zero-order valence-corrected chi connectivity index (χ0v) is 10.6. The highest BCUT2D eigenvalue weighted by atomic mass is 35.5. The van der Waals surface area contributed by atoms with Crippen molar-refractivity contribution in [3.63, 3.8) is 0 Å². The van der Waals surface area contributed by atoms with E-state index in [-0.39, 0.29) is 0 Å². The van der Waals surface area contributed by atoms with Gasteiger partial charge in [0.1, 0.15) is 12.1 Å². The molecular formula is C14H9ClN4. The molecule has 0 fully saturated rings. The van der Waals surface area contributed by atoms with Crippen LogP contribution in [-0.2, 0) is 0 Å². The number of nitriles is 2. The Labute approximate surface area is 115 Å². The van der Waals surface area contributed by atoms with Crippen LogP contribution in [0.5, 0.6) is 0 Å². The van der Waals surface area contributed by atoms with E-state index in [1.807, 2.05) is 6.07 Å². The molecule has 3 N–H and O–H groups in total. The molecule has 19 heavy (non-hydrogen) atoms. The largest absolute Gasteiger partial charge is 0.396 e. The number of halogens is 1. The number of hydrogen-bond acceptors (Lipinski definition) is 4. The molecule has 0 atom stereocenters. The molecule has 0 aromatic heterocycles. The lowest BCUT2D eigenvalue weighted by molar-refractivity contribution is 1.45. The van der Waals surface area contributed by atoms with Gasteiger partial charge in [0.15, 0.2) is 0 Å². The lowest BCUT2D eigenvalue weighted by atomic mass is 10.1. The summed E-state index contributed by atoms with van der Waals surface area (Å²) >= 11 is 5.91. The first-order valence-electron chi connectivity index (χ1n) is 5.41. The van der Waals surface area contributed by atoms with Crippen LogP contribution in [0.25, 0.3) is 0 Å². The van der Waals surface area contributed by atoms with Gasteiger partial charge in [0.2, 0.25) is 0 Å². The number of anilines is 3. The van der Waals surface area contributed by atoms with Gasteiger partial charge >= 0.3 is 0 Å². The van der Waals surface area contributed by atoms with Crippen LogP contribution in [0.2, 0.25) is 5.02 Å². The zero-order chi connectivity index (χ0) is 13.8. The fourth-order valence-electron chi connectivity index (χ4n) is 1.63. The van der Waals surface area contributed by atoms with Crippen LogP contribution in [0.3, 0.4) is 0 Å².